The number of hydrogen-bond acceptors (Lipinski definition) is 6. The first-order chi connectivity index (χ1) is 12.9. The van der Waals surface area contributed by atoms with Crippen molar-refractivity contribution in [2.75, 3.05) is 19.0 Å². The molecule has 0 spiro atoms. The smallest absolute Gasteiger partial charge is 0.282 e. The number of hydrogen-bond donors (Lipinski definition) is 1. The molecule has 1 N–H and O–H groups in total. The van der Waals surface area contributed by atoms with Gasteiger partial charge >= 0.3 is 0 Å². The molecule has 1 aliphatic heterocycles. The minimum atomic E-state index is -0.859. The molecule has 9 heteroatoms. The van der Waals surface area contributed by atoms with Gasteiger partial charge in [-0.15, -0.1) is 0 Å². The van der Waals surface area contributed by atoms with E-state index in [4.69, 9.17) is 4.74 Å². The number of carbonyl (C=O) groups excluding carboxylic acids is 3. The maximum Gasteiger partial charge on any atom is 0.282 e. The highest BCUT2D eigenvalue weighted by molar-refractivity contribution is 6.24. The number of ether oxygens (including phenoxy) is 1. The molecule has 0 aromatic heterocycles. The first kappa shape index (κ1) is 18.2. The Morgan fingerprint density at radius 3 is 2.59 bits per heavy atom. The second kappa shape index (κ2) is 7.34. The third-order valence-corrected chi connectivity index (χ3v) is 4.07. The van der Waals surface area contributed by atoms with Gasteiger partial charge in [-0.1, -0.05) is 24.3 Å². The van der Waals surface area contributed by atoms with Gasteiger partial charge in [0.25, 0.3) is 17.5 Å². The van der Waals surface area contributed by atoms with Crippen molar-refractivity contribution in [2.24, 2.45) is 0 Å². The maximum atomic E-state index is 12.5. The Hall–Kier alpha value is -3.59. The number of fused-ring (bicyclic) bond motifs is 1. The molecule has 0 radical (unpaired) electrons. The second-order valence-electron chi connectivity index (χ2n) is 5.79. The van der Waals surface area contributed by atoms with Crippen LogP contribution in [0.2, 0.25) is 0 Å². The van der Waals surface area contributed by atoms with Gasteiger partial charge in [-0.3, -0.25) is 29.4 Å². The summed E-state index contributed by atoms with van der Waals surface area (Å²) >= 11 is 0. The van der Waals surface area contributed by atoms with E-state index in [-0.39, 0.29) is 17.7 Å². The summed E-state index contributed by atoms with van der Waals surface area (Å²) in [6.45, 7) is -0.277. The van der Waals surface area contributed by atoms with Crippen LogP contribution in [-0.2, 0) is 16.1 Å². The summed E-state index contributed by atoms with van der Waals surface area (Å²) in [5.41, 5.74) is 0.388. The van der Waals surface area contributed by atoms with E-state index in [0.717, 1.165) is 11.6 Å². The third kappa shape index (κ3) is 3.40. The van der Waals surface area contributed by atoms with Crippen molar-refractivity contribution in [1.82, 2.24) is 4.90 Å². The van der Waals surface area contributed by atoms with Crippen LogP contribution in [0.1, 0.15) is 26.3 Å². The van der Waals surface area contributed by atoms with Crippen LogP contribution in [0.4, 0.5) is 11.4 Å². The molecule has 2 aromatic rings. The molecule has 9 nitrogen and oxygen atoms in total. The van der Waals surface area contributed by atoms with Crippen molar-refractivity contribution in [2.45, 2.75) is 6.61 Å². The zero-order valence-corrected chi connectivity index (χ0v) is 14.3. The summed E-state index contributed by atoms with van der Waals surface area (Å²) in [6, 6.07) is 10.7. The lowest BCUT2D eigenvalue weighted by molar-refractivity contribution is -0.385. The molecule has 27 heavy (non-hydrogen) atoms. The highest BCUT2D eigenvalue weighted by Gasteiger charge is 2.41. The van der Waals surface area contributed by atoms with Gasteiger partial charge < -0.3 is 10.1 Å². The van der Waals surface area contributed by atoms with Crippen molar-refractivity contribution in [3.05, 3.63) is 69.3 Å². The van der Waals surface area contributed by atoms with Crippen LogP contribution in [0, 0.1) is 10.1 Å². The summed E-state index contributed by atoms with van der Waals surface area (Å²) in [4.78, 5) is 48.4. The molecule has 0 fully saturated rings. The summed E-state index contributed by atoms with van der Waals surface area (Å²) in [7, 11) is 1.52. The fourth-order valence-electron chi connectivity index (χ4n) is 2.87. The van der Waals surface area contributed by atoms with E-state index in [2.05, 4.69) is 5.32 Å². The number of carbonyl (C=O) groups is 3. The fraction of sp³-hybridized carbons (Fsp3) is 0.167. The average Bonchev–Trinajstić information content (AvgIpc) is 2.88. The Balaban J connectivity index is 1.80. The first-order valence-electron chi connectivity index (χ1n) is 7.94. The molecule has 1 aliphatic rings. The maximum absolute atomic E-state index is 12.5. The van der Waals surface area contributed by atoms with Crippen LogP contribution >= 0.6 is 0 Å². The average molecular weight is 369 g/mol. The van der Waals surface area contributed by atoms with Crippen molar-refractivity contribution < 1.29 is 24.0 Å². The Morgan fingerprint density at radius 2 is 1.89 bits per heavy atom. The monoisotopic (exact) mass is 369 g/mol. The normalized spacial score (nSPS) is 12.9. The second-order valence-corrected chi connectivity index (χ2v) is 5.79. The minimum absolute atomic E-state index is 0.0817. The lowest BCUT2D eigenvalue weighted by Gasteiger charge is -2.15. The first-order valence-corrected chi connectivity index (χ1v) is 7.94. The lowest BCUT2D eigenvalue weighted by Crippen LogP contribution is -2.37. The zero-order valence-electron chi connectivity index (χ0n) is 14.3. The SMILES string of the molecule is COCc1ccccc1NC(=O)CN1C(=O)c2cccc([N+](=O)[O-])c2C1=O. The molecular formula is C18H15N3O6. The Morgan fingerprint density at radius 1 is 1.15 bits per heavy atom. The molecule has 0 saturated heterocycles. The molecule has 0 aliphatic carbocycles. The van der Waals surface area contributed by atoms with Crippen LogP contribution in [0.5, 0.6) is 0 Å². The molecule has 2 aromatic carbocycles. The van der Waals surface area contributed by atoms with E-state index in [1.165, 1.54) is 19.2 Å². The molecule has 3 amide bonds. The zero-order chi connectivity index (χ0) is 19.6. The Kier molecular flexibility index (Phi) is 4.95. The third-order valence-electron chi connectivity index (χ3n) is 4.07. The summed E-state index contributed by atoms with van der Waals surface area (Å²) in [6.07, 6.45) is 0. The van der Waals surface area contributed by atoms with Crippen LogP contribution in [-0.4, -0.2) is 41.2 Å². The van der Waals surface area contributed by atoms with E-state index < -0.39 is 34.9 Å². The number of rotatable bonds is 6. The highest BCUT2D eigenvalue weighted by atomic mass is 16.6. The van der Waals surface area contributed by atoms with Crippen LogP contribution in [0.15, 0.2) is 42.5 Å². The van der Waals surface area contributed by atoms with Gasteiger partial charge in [0.05, 0.1) is 17.1 Å². The van der Waals surface area contributed by atoms with E-state index >= 15 is 0 Å². The quantitative estimate of drug-likeness (QED) is 0.472. The molecule has 0 atom stereocenters. The minimum Gasteiger partial charge on any atom is -0.380 e. The molecule has 0 bridgehead atoms. The molecule has 0 unspecified atom stereocenters. The summed E-state index contributed by atoms with van der Waals surface area (Å²) < 4.78 is 5.06. The topological polar surface area (TPSA) is 119 Å². The Labute approximate surface area is 153 Å². The van der Waals surface area contributed by atoms with E-state index in [1.54, 1.807) is 24.3 Å². The molecular weight excluding hydrogens is 354 g/mol. The number of methoxy groups -OCH3 is 1. The van der Waals surface area contributed by atoms with Crippen LogP contribution in [0.25, 0.3) is 0 Å². The summed E-state index contributed by atoms with van der Waals surface area (Å²) in [5.74, 6) is -2.20. The number of benzene rings is 2. The van der Waals surface area contributed by atoms with Gasteiger partial charge in [0, 0.05) is 24.4 Å². The van der Waals surface area contributed by atoms with Gasteiger partial charge in [-0.05, 0) is 12.1 Å². The molecule has 138 valence electrons. The van der Waals surface area contributed by atoms with Crippen molar-refractivity contribution in [1.29, 1.82) is 0 Å². The van der Waals surface area contributed by atoms with Crippen molar-refractivity contribution in [3.8, 4) is 0 Å². The predicted molar refractivity (Wildman–Crippen MR) is 94.2 cm³/mol. The number of para-hydroxylation sites is 1. The fourth-order valence-corrected chi connectivity index (χ4v) is 2.87. The van der Waals surface area contributed by atoms with E-state index in [1.807, 2.05) is 0 Å². The number of anilines is 1. The van der Waals surface area contributed by atoms with E-state index in [0.29, 0.717) is 10.6 Å². The van der Waals surface area contributed by atoms with Gasteiger partial charge in [0.15, 0.2) is 0 Å². The van der Waals surface area contributed by atoms with Gasteiger partial charge in [0.1, 0.15) is 12.1 Å². The number of nitrogens with zero attached hydrogens (tertiary/aromatic N) is 2. The van der Waals surface area contributed by atoms with Crippen LogP contribution in [0.3, 0.4) is 0 Å². The number of nitro benzene ring substituents is 1. The standard InChI is InChI=1S/C18H15N3O6/c1-27-10-11-5-2-3-7-13(11)19-15(22)9-20-17(23)12-6-4-8-14(21(25)26)16(12)18(20)24/h2-8H,9-10H2,1H3,(H,19,22). The highest BCUT2D eigenvalue weighted by Crippen LogP contribution is 2.30. The van der Waals surface area contributed by atoms with Crippen molar-refractivity contribution >= 4 is 29.1 Å². The lowest BCUT2D eigenvalue weighted by atomic mass is 10.1. The molecule has 1 heterocycles. The van der Waals surface area contributed by atoms with Gasteiger partial charge in [-0.2, -0.15) is 0 Å². The summed E-state index contributed by atoms with van der Waals surface area (Å²) in [5, 5.41) is 13.7. The number of nitrogens with one attached hydrogen (secondary N) is 1. The molecule has 3 rings (SSSR count). The van der Waals surface area contributed by atoms with Crippen LogP contribution < -0.4 is 5.32 Å². The van der Waals surface area contributed by atoms with E-state index in [9.17, 15) is 24.5 Å². The Bertz CT molecular complexity index is 956. The number of imide groups is 1. The number of nitro groups is 1. The van der Waals surface area contributed by atoms with Crippen molar-refractivity contribution in [3.63, 3.8) is 0 Å². The van der Waals surface area contributed by atoms with Gasteiger partial charge in [-0.25, -0.2) is 0 Å². The van der Waals surface area contributed by atoms with Gasteiger partial charge in [0.2, 0.25) is 5.91 Å². The predicted octanol–water partition coefficient (Wildman–Crippen LogP) is 1.98. The number of amides is 3. The molecule has 0 saturated carbocycles. The largest absolute Gasteiger partial charge is 0.380 e.